The molecule has 1 fully saturated rings. The minimum absolute atomic E-state index is 0.105. The third-order valence-corrected chi connectivity index (χ3v) is 8.67. The smallest absolute Gasteiger partial charge is 0.419 e. The maximum atomic E-state index is 12.7. The van der Waals surface area contributed by atoms with Gasteiger partial charge in [0.25, 0.3) is 0 Å². The predicted molar refractivity (Wildman–Crippen MR) is 110 cm³/mol. The molecule has 10 heteroatoms. The molecule has 1 saturated heterocycles. The van der Waals surface area contributed by atoms with Gasteiger partial charge < -0.3 is 13.3 Å². The molecular weight excluding hydrogens is 422 g/mol. The normalized spacial score (nSPS) is 15.2. The first-order chi connectivity index (χ1) is 13.4. The molecule has 0 unspecified atom stereocenters. The number of fused-ring (bicyclic) bond motifs is 1. The van der Waals surface area contributed by atoms with Crippen LogP contribution in [0.5, 0.6) is 11.5 Å². The van der Waals surface area contributed by atoms with Gasteiger partial charge in [-0.15, -0.1) is 23.5 Å². The lowest BCUT2D eigenvalue weighted by Crippen LogP contribution is -2.11. The van der Waals surface area contributed by atoms with Gasteiger partial charge in [-0.2, -0.15) is 8.42 Å². The highest BCUT2D eigenvalue weighted by Gasteiger charge is 2.24. The molecule has 0 spiro atoms. The summed E-state index contributed by atoms with van der Waals surface area (Å²) in [7, 11) is -1.12. The van der Waals surface area contributed by atoms with Crippen molar-refractivity contribution < 1.29 is 21.8 Å². The van der Waals surface area contributed by atoms with Crippen LogP contribution in [0, 0.1) is 0 Å². The molecule has 2 aromatic carbocycles. The van der Waals surface area contributed by atoms with E-state index in [1.807, 2.05) is 29.6 Å². The van der Waals surface area contributed by atoms with Crippen LogP contribution in [0.4, 0.5) is 0 Å². The van der Waals surface area contributed by atoms with Crippen LogP contribution in [0.25, 0.3) is 11.1 Å². The summed E-state index contributed by atoms with van der Waals surface area (Å²) in [4.78, 5) is 11.5. The Labute approximate surface area is 170 Å². The van der Waals surface area contributed by atoms with Crippen molar-refractivity contribution >= 4 is 44.7 Å². The van der Waals surface area contributed by atoms with Crippen LogP contribution >= 0.6 is 23.5 Å². The average molecular weight is 440 g/mol. The zero-order valence-electron chi connectivity index (χ0n) is 15.1. The van der Waals surface area contributed by atoms with E-state index in [1.165, 1.54) is 29.9 Å². The first-order valence-electron chi connectivity index (χ1n) is 8.34. The van der Waals surface area contributed by atoms with Crippen LogP contribution in [-0.2, 0) is 17.2 Å². The minimum atomic E-state index is -4.13. The largest absolute Gasteiger partial charge is 0.493 e. The second kappa shape index (κ2) is 7.41. The monoisotopic (exact) mass is 439 g/mol. The van der Waals surface area contributed by atoms with E-state index in [0.29, 0.717) is 15.8 Å². The topological polar surface area (TPSA) is 87.7 Å². The molecule has 1 aliphatic heterocycles. The summed E-state index contributed by atoms with van der Waals surface area (Å²) in [5.41, 5.74) is 1.73. The zero-order chi connectivity index (χ0) is 19.9. The van der Waals surface area contributed by atoms with Gasteiger partial charge in [0.05, 0.1) is 17.2 Å². The Hall–Kier alpha value is -2.04. The standard InChI is InChI=1S/C18H17NO6S3/c1-19-13-5-4-12(10-15(13)24-18(19)20)28(21,22)25-14-6-3-11(9-16(14)23-2)17-26-7-8-27-17/h3-6,9-10,17H,7-8H2,1-2H3. The fraction of sp³-hybridized carbons (Fsp3) is 0.278. The number of nitrogens with zero attached hydrogens (tertiary/aromatic N) is 1. The number of ether oxygens (including phenoxy) is 1. The number of thioether (sulfide) groups is 2. The number of hydrogen-bond donors (Lipinski definition) is 0. The van der Waals surface area contributed by atoms with Gasteiger partial charge in [-0.3, -0.25) is 4.57 Å². The number of hydrogen-bond acceptors (Lipinski definition) is 8. The van der Waals surface area contributed by atoms with Crippen LogP contribution in [0.3, 0.4) is 0 Å². The maximum absolute atomic E-state index is 12.7. The van der Waals surface area contributed by atoms with E-state index in [4.69, 9.17) is 13.3 Å². The first-order valence-corrected chi connectivity index (χ1v) is 11.8. The highest BCUT2D eigenvalue weighted by atomic mass is 32.2. The molecule has 1 aliphatic rings. The zero-order valence-corrected chi connectivity index (χ0v) is 17.5. The van der Waals surface area contributed by atoms with E-state index < -0.39 is 15.9 Å². The lowest BCUT2D eigenvalue weighted by Gasteiger charge is -2.14. The Bertz CT molecular complexity index is 1190. The molecule has 148 valence electrons. The summed E-state index contributed by atoms with van der Waals surface area (Å²) in [5.74, 6) is 2.06. The van der Waals surface area contributed by atoms with Crippen molar-refractivity contribution in [3.05, 3.63) is 52.5 Å². The number of methoxy groups -OCH3 is 1. The van der Waals surface area contributed by atoms with Crippen molar-refractivity contribution in [2.45, 2.75) is 9.48 Å². The summed E-state index contributed by atoms with van der Waals surface area (Å²) in [6, 6.07) is 9.42. The van der Waals surface area contributed by atoms with Gasteiger partial charge in [0.15, 0.2) is 17.1 Å². The number of oxazole rings is 1. The second-order valence-electron chi connectivity index (χ2n) is 6.08. The average Bonchev–Trinajstić information content (AvgIpc) is 3.30. The van der Waals surface area contributed by atoms with Crippen molar-refractivity contribution in [1.82, 2.24) is 4.57 Å². The van der Waals surface area contributed by atoms with Crippen molar-refractivity contribution in [3.8, 4) is 11.5 Å². The Kier molecular flexibility index (Phi) is 5.11. The lowest BCUT2D eigenvalue weighted by atomic mass is 10.2. The van der Waals surface area contributed by atoms with Crippen molar-refractivity contribution in [2.24, 2.45) is 7.05 Å². The summed E-state index contributed by atoms with van der Waals surface area (Å²) in [5, 5.41) is 0. The third kappa shape index (κ3) is 3.51. The van der Waals surface area contributed by atoms with Gasteiger partial charge in [0, 0.05) is 24.6 Å². The molecule has 0 radical (unpaired) electrons. The van der Waals surface area contributed by atoms with Gasteiger partial charge in [-0.25, -0.2) is 4.79 Å². The number of benzene rings is 2. The van der Waals surface area contributed by atoms with E-state index in [-0.39, 0.29) is 16.2 Å². The molecule has 0 atom stereocenters. The quantitative estimate of drug-likeness (QED) is 0.559. The van der Waals surface area contributed by atoms with Gasteiger partial charge in [0.2, 0.25) is 0 Å². The molecule has 0 aliphatic carbocycles. The van der Waals surface area contributed by atoms with Gasteiger partial charge in [-0.05, 0) is 29.8 Å². The van der Waals surface area contributed by atoms with E-state index in [9.17, 15) is 13.2 Å². The molecule has 7 nitrogen and oxygen atoms in total. The van der Waals surface area contributed by atoms with Crippen molar-refractivity contribution in [3.63, 3.8) is 0 Å². The van der Waals surface area contributed by atoms with Gasteiger partial charge >= 0.3 is 15.9 Å². The molecule has 28 heavy (non-hydrogen) atoms. The summed E-state index contributed by atoms with van der Waals surface area (Å²) in [6.45, 7) is 0. The van der Waals surface area contributed by atoms with E-state index >= 15 is 0 Å². The summed E-state index contributed by atoms with van der Waals surface area (Å²) >= 11 is 3.69. The number of aryl methyl sites for hydroxylation is 1. The molecule has 3 aromatic rings. The molecular formula is C18H17NO6S3. The molecule has 0 amide bonds. The third-order valence-electron chi connectivity index (χ3n) is 4.33. The summed E-state index contributed by atoms with van der Waals surface area (Å²) < 4.78 is 42.8. The summed E-state index contributed by atoms with van der Waals surface area (Å²) in [6.07, 6.45) is 0. The maximum Gasteiger partial charge on any atom is 0.419 e. The Morgan fingerprint density at radius 3 is 2.57 bits per heavy atom. The Morgan fingerprint density at radius 2 is 1.86 bits per heavy atom. The van der Waals surface area contributed by atoms with E-state index in [1.54, 1.807) is 19.2 Å². The van der Waals surface area contributed by atoms with Crippen molar-refractivity contribution in [1.29, 1.82) is 0 Å². The highest BCUT2D eigenvalue weighted by Crippen LogP contribution is 2.47. The first kappa shape index (κ1) is 19.3. The molecule has 2 heterocycles. The second-order valence-corrected chi connectivity index (χ2v) is 10.3. The van der Waals surface area contributed by atoms with Gasteiger partial charge in [0.1, 0.15) is 4.90 Å². The number of rotatable bonds is 5. The SMILES string of the molecule is COc1cc(C2SCCS2)ccc1OS(=O)(=O)c1ccc2c(c1)oc(=O)n2C. The van der Waals surface area contributed by atoms with Gasteiger partial charge in [-0.1, -0.05) is 6.07 Å². The Morgan fingerprint density at radius 1 is 1.11 bits per heavy atom. The number of aromatic nitrogens is 1. The van der Waals surface area contributed by atoms with E-state index in [0.717, 1.165) is 17.1 Å². The predicted octanol–water partition coefficient (Wildman–Crippen LogP) is 3.39. The molecule has 4 rings (SSSR count). The molecule has 0 bridgehead atoms. The fourth-order valence-electron chi connectivity index (χ4n) is 2.89. The minimum Gasteiger partial charge on any atom is -0.493 e. The van der Waals surface area contributed by atoms with Crippen LogP contribution in [0.1, 0.15) is 10.1 Å². The van der Waals surface area contributed by atoms with Crippen LogP contribution < -0.4 is 14.7 Å². The van der Waals surface area contributed by atoms with Crippen LogP contribution in [-0.4, -0.2) is 31.6 Å². The van der Waals surface area contributed by atoms with E-state index in [2.05, 4.69) is 0 Å². The molecule has 1 aromatic heterocycles. The molecule has 0 saturated carbocycles. The highest BCUT2D eigenvalue weighted by molar-refractivity contribution is 8.19. The van der Waals surface area contributed by atoms with Crippen LogP contribution in [0.15, 0.2) is 50.5 Å². The lowest BCUT2D eigenvalue weighted by molar-refractivity contribution is 0.390. The Balaban J connectivity index is 1.66. The van der Waals surface area contributed by atoms with Crippen molar-refractivity contribution in [2.75, 3.05) is 18.6 Å². The fourth-order valence-corrected chi connectivity index (χ4v) is 6.68. The molecule has 0 N–H and O–H groups in total. The van der Waals surface area contributed by atoms with Crippen LogP contribution in [0.2, 0.25) is 0 Å².